The smallest absolute Gasteiger partial charge is 0.252 e. The third-order valence-corrected chi connectivity index (χ3v) is 5.24. The average molecular weight is 367 g/mol. The maximum Gasteiger partial charge on any atom is 0.252 e. The molecule has 144 valence electrons. The Hall–Kier alpha value is -2.43. The van der Waals surface area contributed by atoms with Gasteiger partial charge >= 0.3 is 0 Å². The molecule has 3 rings (SSSR count). The van der Waals surface area contributed by atoms with Gasteiger partial charge in [0.15, 0.2) is 0 Å². The fraction of sp³-hybridized carbons (Fsp3) is 0.500. The van der Waals surface area contributed by atoms with E-state index >= 15 is 0 Å². The number of rotatable bonds is 6. The van der Waals surface area contributed by atoms with Crippen LogP contribution in [0.4, 0.5) is 0 Å². The minimum atomic E-state index is -0.341. The zero-order valence-corrected chi connectivity index (χ0v) is 16.4. The molecule has 0 unspecified atom stereocenters. The van der Waals surface area contributed by atoms with E-state index in [1.807, 2.05) is 43.3 Å². The quantitative estimate of drug-likeness (QED) is 0.709. The average Bonchev–Trinajstić information content (AvgIpc) is 2.70. The van der Waals surface area contributed by atoms with Crippen molar-refractivity contribution in [1.82, 2.24) is 9.78 Å². The van der Waals surface area contributed by atoms with E-state index in [0.717, 1.165) is 44.2 Å². The highest BCUT2D eigenvalue weighted by molar-refractivity contribution is 5.83. The Morgan fingerprint density at radius 2 is 1.96 bits per heavy atom. The molecule has 0 bridgehead atoms. The van der Waals surface area contributed by atoms with Crippen molar-refractivity contribution in [2.24, 2.45) is 10.4 Å². The number of para-hydroxylation sites is 1. The zero-order valence-electron chi connectivity index (χ0n) is 16.4. The van der Waals surface area contributed by atoms with Crippen molar-refractivity contribution in [3.63, 3.8) is 0 Å². The van der Waals surface area contributed by atoms with Crippen molar-refractivity contribution in [1.29, 1.82) is 0 Å². The minimum absolute atomic E-state index is 0.0408. The van der Waals surface area contributed by atoms with Gasteiger partial charge in [-0.25, -0.2) is 9.67 Å². The molecule has 1 heterocycles. The molecular weight excluding hydrogens is 338 g/mol. The molecule has 5 nitrogen and oxygen atoms in total. The number of hydrogen-bond donors (Lipinski definition) is 0. The maximum atomic E-state index is 12.8. The molecule has 0 saturated heterocycles. The van der Waals surface area contributed by atoms with Gasteiger partial charge in [-0.15, -0.1) is 0 Å². The number of ether oxygens (including phenoxy) is 1. The molecule has 1 aromatic carbocycles. The largest absolute Gasteiger partial charge is 0.478 e. The highest BCUT2D eigenvalue weighted by Gasteiger charge is 2.34. The van der Waals surface area contributed by atoms with E-state index in [1.165, 1.54) is 6.42 Å². The summed E-state index contributed by atoms with van der Waals surface area (Å²) in [6, 6.07) is 11.7. The van der Waals surface area contributed by atoms with Crippen molar-refractivity contribution in [2.75, 3.05) is 6.61 Å². The zero-order chi connectivity index (χ0) is 19.1. The second-order valence-electron chi connectivity index (χ2n) is 7.54. The van der Waals surface area contributed by atoms with Crippen LogP contribution in [0.2, 0.25) is 0 Å². The first-order valence-electron chi connectivity index (χ1n) is 9.99. The highest BCUT2D eigenvalue weighted by atomic mass is 16.5. The van der Waals surface area contributed by atoms with Crippen LogP contribution < -0.4 is 10.1 Å². The summed E-state index contributed by atoms with van der Waals surface area (Å²) in [6.07, 6.45) is 8.91. The van der Waals surface area contributed by atoms with Crippen LogP contribution in [0.3, 0.4) is 0 Å². The Balaban J connectivity index is 1.92. The number of carbonyl (C=O) groups is 1. The van der Waals surface area contributed by atoms with Crippen LogP contribution in [0.25, 0.3) is 5.69 Å². The van der Waals surface area contributed by atoms with E-state index in [9.17, 15) is 4.79 Å². The van der Waals surface area contributed by atoms with Crippen LogP contribution in [0.5, 0.6) is 5.88 Å². The SMILES string of the molecule is CCCCOc1cc(=NC(=O)C2(C)CCCCC2)cnn1-c1ccccc1. The van der Waals surface area contributed by atoms with E-state index in [1.54, 1.807) is 10.9 Å². The topological polar surface area (TPSA) is 56.5 Å². The van der Waals surface area contributed by atoms with Crippen molar-refractivity contribution < 1.29 is 9.53 Å². The van der Waals surface area contributed by atoms with Gasteiger partial charge in [0.25, 0.3) is 5.91 Å². The summed E-state index contributed by atoms with van der Waals surface area (Å²) in [5.74, 6) is 0.568. The second-order valence-corrected chi connectivity index (χ2v) is 7.54. The van der Waals surface area contributed by atoms with Crippen molar-refractivity contribution >= 4 is 5.91 Å². The van der Waals surface area contributed by atoms with Crippen molar-refractivity contribution in [2.45, 2.75) is 58.8 Å². The number of benzene rings is 1. The van der Waals surface area contributed by atoms with Gasteiger partial charge in [-0.2, -0.15) is 5.10 Å². The van der Waals surface area contributed by atoms with E-state index in [4.69, 9.17) is 4.74 Å². The lowest BCUT2D eigenvalue weighted by Gasteiger charge is -2.29. The summed E-state index contributed by atoms with van der Waals surface area (Å²) in [6.45, 7) is 4.78. The number of unbranched alkanes of at least 4 members (excludes halogenated alkanes) is 1. The molecule has 0 spiro atoms. The van der Waals surface area contributed by atoms with Crippen LogP contribution in [-0.4, -0.2) is 22.3 Å². The molecule has 0 aliphatic heterocycles. The Kier molecular flexibility index (Phi) is 6.43. The predicted molar refractivity (Wildman–Crippen MR) is 106 cm³/mol. The molecule has 1 aliphatic carbocycles. The fourth-order valence-corrected chi connectivity index (χ4v) is 3.45. The molecule has 0 radical (unpaired) electrons. The third kappa shape index (κ3) is 4.85. The van der Waals surface area contributed by atoms with Crippen LogP contribution in [0.1, 0.15) is 58.8 Å². The molecule has 2 aromatic rings. The Morgan fingerprint density at radius 1 is 1.22 bits per heavy atom. The summed E-state index contributed by atoms with van der Waals surface area (Å²) in [4.78, 5) is 17.2. The lowest BCUT2D eigenvalue weighted by atomic mass is 9.75. The third-order valence-electron chi connectivity index (χ3n) is 5.24. The van der Waals surface area contributed by atoms with Gasteiger partial charge < -0.3 is 4.74 Å². The molecule has 27 heavy (non-hydrogen) atoms. The first kappa shape index (κ1) is 19.3. The van der Waals surface area contributed by atoms with Gasteiger partial charge in [-0.3, -0.25) is 4.79 Å². The Morgan fingerprint density at radius 3 is 2.67 bits per heavy atom. The van der Waals surface area contributed by atoms with Crippen molar-refractivity contribution in [3.8, 4) is 11.6 Å². The van der Waals surface area contributed by atoms with Gasteiger partial charge in [0.1, 0.15) is 0 Å². The normalized spacial score (nSPS) is 16.9. The Labute approximate surface area is 161 Å². The van der Waals surface area contributed by atoms with Gasteiger partial charge in [-0.05, 0) is 31.4 Å². The summed E-state index contributed by atoms with van der Waals surface area (Å²) in [5, 5.41) is 5.05. The molecule has 1 amide bonds. The van der Waals surface area contributed by atoms with Gasteiger partial charge in [0, 0.05) is 11.5 Å². The predicted octanol–water partition coefficient (Wildman–Crippen LogP) is 4.45. The number of amides is 1. The van der Waals surface area contributed by atoms with Gasteiger partial charge in [0.05, 0.1) is 23.8 Å². The van der Waals surface area contributed by atoms with Crippen molar-refractivity contribution in [3.05, 3.63) is 48.0 Å². The lowest BCUT2D eigenvalue weighted by molar-refractivity contribution is -0.128. The summed E-state index contributed by atoms with van der Waals surface area (Å²) < 4.78 is 7.71. The van der Waals surface area contributed by atoms with Gasteiger partial charge in [-0.1, -0.05) is 57.7 Å². The number of carbonyl (C=O) groups excluding carboxylic acids is 1. The summed E-state index contributed by atoms with van der Waals surface area (Å²) in [5.41, 5.74) is 0.577. The molecule has 5 heteroatoms. The van der Waals surface area contributed by atoms with Crippen LogP contribution in [0.15, 0.2) is 47.6 Å². The molecule has 0 atom stereocenters. The first-order valence-corrected chi connectivity index (χ1v) is 9.99. The fourth-order valence-electron chi connectivity index (χ4n) is 3.45. The van der Waals surface area contributed by atoms with Crippen LogP contribution in [-0.2, 0) is 4.79 Å². The molecule has 1 aromatic heterocycles. The highest BCUT2D eigenvalue weighted by Crippen LogP contribution is 2.36. The van der Waals surface area contributed by atoms with E-state index < -0.39 is 0 Å². The number of nitrogens with zero attached hydrogens (tertiary/aromatic N) is 3. The van der Waals surface area contributed by atoms with Gasteiger partial charge in [0.2, 0.25) is 5.88 Å². The van der Waals surface area contributed by atoms with Crippen LogP contribution >= 0.6 is 0 Å². The van der Waals surface area contributed by atoms with E-state index in [2.05, 4.69) is 17.0 Å². The van der Waals surface area contributed by atoms with E-state index in [-0.39, 0.29) is 11.3 Å². The van der Waals surface area contributed by atoms with Crippen LogP contribution in [0, 0.1) is 5.41 Å². The number of aromatic nitrogens is 2. The standard InChI is InChI=1S/C22H29N3O2/c1-3-4-15-27-20-16-18(17-23-25(20)19-11-7-5-8-12-19)24-21(26)22(2)13-9-6-10-14-22/h5,7-8,11-12,16-17H,3-4,6,9-10,13-15H2,1-2H3. The Bertz CT molecular complexity index is 821. The molecular formula is C22H29N3O2. The monoisotopic (exact) mass is 367 g/mol. The van der Waals surface area contributed by atoms with E-state index in [0.29, 0.717) is 17.8 Å². The summed E-state index contributed by atoms with van der Waals surface area (Å²) in [7, 11) is 0. The molecule has 1 fully saturated rings. The number of hydrogen-bond acceptors (Lipinski definition) is 3. The minimum Gasteiger partial charge on any atom is -0.478 e. The molecule has 1 aliphatic rings. The maximum absolute atomic E-state index is 12.8. The first-order chi connectivity index (χ1) is 13.1. The molecule has 0 N–H and O–H groups in total. The summed E-state index contributed by atoms with van der Waals surface area (Å²) >= 11 is 0. The molecule has 1 saturated carbocycles. The second kappa shape index (κ2) is 8.98. The lowest BCUT2D eigenvalue weighted by Crippen LogP contribution is -2.30.